The van der Waals surface area contributed by atoms with E-state index in [0.29, 0.717) is 13.0 Å². The maximum absolute atomic E-state index is 11.9. The third-order valence-corrected chi connectivity index (χ3v) is 5.33. The fourth-order valence-corrected chi connectivity index (χ4v) is 3.63. The van der Waals surface area contributed by atoms with E-state index in [1.807, 2.05) is 13.8 Å². The molecule has 5 heteroatoms. The Bertz CT molecular complexity index is 297. The fourth-order valence-electron chi connectivity index (χ4n) is 2.18. The first-order valence-electron chi connectivity index (χ1n) is 7.96. The van der Waals surface area contributed by atoms with Crippen molar-refractivity contribution >= 4 is 10.1 Å². The molecule has 0 bridgehead atoms. The van der Waals surface area contributed by atoms with Crippen LogP contribution in [-0.4, -0.2) is 20.3 Å². The zero-order valence-corrected chi connectivity index (χ0v) is 16.8. The Balaban J connectivity index is -0.00000162. The van der Waals surface area contributed by atoms with Crippen LogP contribution in [0.5, 0.6) is 0 Å². The summed E-state index contributed by atoms with van der Waals surface area (Å²) >= 11 is 0. The van der Waals surface area contributed by atoms with E-state index in [4.69, 9.17) is 4.18 Å². The van der Waals surface area contributed by atoms with E-state index in [9.17, 15) is 8.42 Å². The van der Waals surface area contributed by atoms with Gasteiger partial charge in [-0.05, 0) is 19.3 Å². The topological polar surface area (TPSA) is 43.4 Å². The Kier molecular flexibility index (Phi) is 17.2. The maximum Gasteiger partial charge on any atom is 1.00 e. The maximum atomic E-state index is 11.9. The molecule has 0 spiro atoms. The molecule has 0 aromatic rings. The largest absolute Gasteiger partial charge is 1.00 e. The van der Waals surface area contributed by atoms with Gasteiger partial charge in [0.15, 0.2) is 0 Å². The van der Waals surface area contributed by atoms with E-state index in [1.54, 1.807) is 0 Å². The molecule has 0 amide bonds. The van der Waals surface area contributed by atoms with Gasteiger partial charge in [-0.15, -0.1) is 0 Å². The zero-order chi connectivity index (χ0) is 14.6. The van der Waals surface area contributed by atoms with Crippen LogP contribution < -0.4 is 29.6 Å². The molecule has 0 saturated carbocycles. The van der Waals surface area contributed by atoms with Gasteiger partial charge >= 0.3 is 29.6 Å². The van der Waals surface area contributed by atoms with Gasteiger partial charge < -0.3 is 1.43 Å². The summed E-state index contributed by atoms with van der Waals surface area (Å²) in [5.41, 5.74) is 0. The molecule has 0 aliphatic carbocycles. The zero-order valence-electron chi connectivity index (χ0n) is 15.0. The fraction of sp³-hybridized carbons (Fsp3) is 1.00. The Hall–Kier alpha value is 0.910. The molecule has 0 aliphatic rings. The summed E-state index contributed by atoms with van der Waals surface area (Å²) in [6, 6.07) is 0. The van der Waals surface area contributed by atoms with Crippen molar-refractivity contribution in [3.63, 3.8) is 0 Å². The Morgan fingerprint density at radius 2 is 1.45 bits per heavy atom. The minimum Gasteiger partial charge on any atom is -1.00 e. The number of unbranched alkanes of at least 4 members (excludes halogenated alkanes) is 6. The van der Waals surface area contributed by atoms with E-state index < -0.39 is 10.1 Å². The Morgan fingerprint density at radius 3 is 1.95 bits per heavy atom. The number of hydrogen-bond donors (Lipinski definition) is 0. The summed E-state index contributed by atoms with van der Waals surface area (Å²) in [6.07, 6.45) is 10.7. The third-order valence-electron chi connectivity index (χ3n) is 3.44. The summed E-state index contributed by atoms with van der Waals surface area (Å²) in [4.78, 5) is 0. The van der Waals surface area contributed by atoms with E-state index in [1.165, 1.54) is 32.1 Å². The predicted molar refractivity (Wildman–Crippen MR) is 83.0 cm³/mol. The van der Waals surface area contributed by atoms with Crippen LogP contribution in [0.25, 0.3) is 0 Å². The smallest absolute Gasteiger partial charge is 1.00 e. The van der Waals surface area contributed by atoms with Gasteiger partial charge in [-0.25, -0.2) is 0 Å². The molecule has 0 aromatic heterocycles. The van der Waals surface area contributed by atoms with Gasteiger partial charge in [-0.2, -0.15) is 8.42 Å². The van der Waals surface area contributed by atoms with Gasteiger partial charge in [-0.1, -0.05) is 65.7 Å². The Labute approximate surface area is 150 Å². The predicted octanol–water partition coefficient (Wildman–Crippen LogP) is 1.78. The molecule has 0 aliphatic heterocycles. The van der Waals surface area contributed by atoms with Gasteiger partial charge in [0.25, 0.3) is 10.1 Å². The summed E-state index contributed by atoms with van der Waals surface area (Å²) in [5.74, 6) is 0. The normalized spacial score (nSPS) is 12.9. The molecule has 0 N–H and O–H groups in total. The molecule has 0 heterocycles. The molecule has 3 nitrogen and oxygen atoms in total. The molecule has 20 heavy (non-hydrogen) atoms. The molecule has 1 atom stereocenters. The van der Waals surface area contributed by atoms with Crippen LogP contribution in [0.1, 0.15) is 86.4 Å². The van der Waals surface area contributed by atoms with Crippen molar-refractivity contribution in [1.29, 1.82) is 0 Å². The molecular formula is C15H33NaO3S. The van der Waals surface area contributed by atoms with Crippen molar-refractivity contribution in [2.24, 2.45) is 0 Å². The monoisotopic (exact) mass is 316 g/mol. The van der Waals surface area contributed by atoms with E-state index in [2.05, 4.69) is 6.92 Å². The summed E-state index contributed by atoms with van der Waals surface area (Å²) in [7, 11) is -3.34. The van der Waals surface area contributed by atoms with Crippen molar-refractivity contribution in [3.8, 4) is 0 Å². The number of rotatable bonds is 13. The second-order valence-electron chi connectivity index (χ2n) is 5.26. The summed E-state index contributed by atoms with van der Waals surface area (Å²) < 4.78 is 28.8. The van der Waals surface area contributed by atoms with Crippen LogP contribution in [0.3, 0.4) is 0 Å². The van der Waals surface area contributed by atoms with Crippen molar-refractivity contribution < 1.29 is 43.6 Å². The van der Waals surface area contributed by atoms with Crippen molar-refractivity contribution in [2.75, 3.05) is 6.61 Å². The molecule has 0 saturated heterocycles. The minimum atomic E-state index is -3.34. The molecule has 118 valence electrons. The van der Waals surface area contributed by atoms with Crippen LogP contribution in [0.15, 0.2) is 0 Å². The van der Waals surface area contributed by atoms with Crippen LogP contribution in [0.4, 0.5) is 0 Å². The molecule has 0 fully saturated rings. The van der Waals surface area contributed by atoms with Gasteiger partial charge in [0.2, 0.25) is 0 Å². The van der Waals surface area contributed by atoms with Crippen molar-refractivity contribution in [3.05, 3.63) is 0 Å². The Morgan fingerprint density at radius 1 is 0.900 bits per heavy atom. The first-order chi connectivity index (χ1) is 9.08. The van der Waals surface area contributed by atoms with Crippen LogP contribution in [-0.2, 0) is 14.3 Å². The van der Waals surface area contributed by atoms with Gasteiger partial charge in [0.05, 0.1) is 11.9 Å². The number of hydrogen-bond acceptors (Lipinski definition) is 3. The average Bonchev–Trinajstić information content (AvgIpc) is 2.39. The van der Waals surface area contributed by atoms with E-state index in [0.717, 1.165) is 25.7 Å². The first-order valence-corrected chi connectivity index (χ1v) is 9.43. The molecular weight excluding hydrogens is 283 g/mol. The molecule has 0 rings (SSSR count). The molecule has 1 unspecified atom stereocenters. The minimum absolute atomic E-state index is 0. The SMILES string of the molecule is CCCCCCCCCC(CC)S(=O)(=O)OCCC.[H-].[Na+]. The van der Waals surface area contributed by atoms with Gasteiger partial charge in [0, 0.05) is 0 Å². The third kappa shape index (κ3) is 11.6. The van der Waals surface area contributed by atoms with Gasteiger partial charge in [-0.3, -0.25) is 4.18 Å². The van der Waals surface area contributed by atoms with Crippen LogP contribution in [0.2, 0.25) is 0 Å². The second kappa shape index (κ2) is 14.8. The van der Waals surface area contributed by atoms with Crippen LogP contribution in [0, 0.1) is 0 Å². The molecule has 0 aromatic carbocycles. The van der Waals surface area contributed by atoms with E-state index >= 15 is 0 Å². The average molecular weight is 316 g/mol. The summed E-state index contributed by atoms with van der Waals surface area (Å²) in [5, 5.41) is -0.310. The first kappa shape index (κ1) is 23.2. The van der Waals surface area contributed by atoms with Crippen molar-refractivity contribution in [2.45, 2.75) is 90.2 Å². The standard InChI is InChI=1S/C15H32O3S.Na.H/c1-4-7-8-9-10-11-12-13-15(6-3)19(16,17)18-14-5-2;;/h15H,4-14H2,1-3H3;;/q;+1;-1. The van der Waals surface area contributed by atoms with Crippen molar-refractivity contribution in [1.82, 2.24) is 0 Å². The van der Waals surface area contributed by atoms with E-state index in [-0.39, 0.29) is 36.2 Å². The summed E-state index contributed by atoms with van der Waals surface area (Å²) in [6.45, 7) is 6.38. The molecule has 0 radical (unpaired) electrons. The van der Waals surface area contributed by atoms with Gasteiger partial charge in [0.1, 0.15) is 0 Å². The second-order valence-corrected chi connectivity index (χ2v) is 7.14. The quantitative estimate of drug-likeness (QED) is 0.295. The van der Waals surface area contributed by atoms with Crippen LogP contribution >= 0.6 is 0 Å².